The molecule has 0 radical (unpaired) electrons. The molecule has 1 fully saturated rings. The van der Waals surface area contributed by atoms with Gasteiger partial charge in [0, 0.05) is 24.9 Å². The van der Waals surface area contributed by atoms with Gasteiger partial charge in [0.25, 0.3) is 0 Å². The Balaban J connectivity index is 1.85. The van der Waals surface area contributed by atoms with Gasteiger partial charge < -0.3 is 19.9 Å². The molecule has 7 nitrogen and oxygen atoms in total. The molecular formula is C17H19N3O4. The molecule has 2 N–H and O–H groups in total. The van der Waals surface area contributed by atoms with Gasteiger partial charge in [0.15, 0.2) is 0 Å². The molecule has 1 aliphatic rings. The molecule has 7 heteroatoms. The fourth-order valence-electron chi connectivity index (χ4n) is 2.60. The summed E-state index contributed by atoms with van der Waals surface area (Å²) in [5, 5.41) is 12.5. The van der Waals surface area contributed by atoms with E-state index in [-0.39, 0.29) is 11.7 Å². The summed E-state index contributed by atoms with van der Waals surface area (Å²) in [5.41, 5.74) is 1.12. The third-order valence-electron chi connectivity index (χ3n) is 3.89. The quantitative estimate of drug-likeness (QED) is 0.840. The third kappa shape index (κ3) is 3.62. The van der Waals surface area contributed by atoms with E-state index >= 15 is 0 Å². The van der Waals surface area contributed by atoms with Gasteiger partial charge in [-0.2, -0.15) is 0 Å². The van der Waals surface area contributed by atoms with Gasteiger partial charge in [-0.3, -0.25) is 0 Å². The summed E-state index contributed by atoms with van der Waals surface area (Å²) in [4.78, 5) is 19.9. The van der Waals surface area contributed by atoms with Crippen molar-refractivity contribution in [2.45, 2.75) is 18.9 Å². The fraction of sp³-hybridized carbons (Fsp3) is 0.353. The van der Waals surface area contributed by atoms with Crippen molar-refractivity contribution < 1.29 is 19.4 Å². The number of nitrogens with one attached hydrogen (secondary N) is 1. The Morgan fingerprint density at radius 3 is 2.83 bits per heavy atom. The third-order valence-corrected chi connectivity index (χ3v) is 3.89. The van der Waals surface area contributed by atoms with E-state index in [0.29, 0.717) is 29.5 Å². The zero-order valence-electron chi connectivity index (χ0n) is 13.4. The molecule has 126 valence electrons. The minimum absolute atomic E-state index is 0.0582. The van der Waals surface area contributed by atoms with Crippen LogP contribution in [0, 0.1) is 0 Å². The molecule has 0 aliphatic carbocycles. The minimum Gasteiger partial charge on any atom is -0.497 e. The number of anilines is 1. The Kier molecular flexibility index (Phi) is 4.90. The second-order valence-corrected chi connectivity index (χ2v) is 5.51. The Bertz CT molecular complexity index is 712. The lowest BCUT2D eigenvalue weighted by molar-refractivity contribution is 0.0697. The van der Waals surface area contributed by atoms with Crippen LogP contribution in [0.15, 0.2) is 30.5 Å². The van der Waals surface area contributed by atoms with E-state index in [0.717, 1.165) is 19.4 Å². The maximum Gasteiger partial charge on any atom is 0.339 e. The molecule has 2 heterocycles. The highest BCUT2D eigenvalue weighted by molar-refractivity contribution is 5.94. The monoisotopic (exact) mass is 329 g/mol. The van der Waals surface area contributed by atoms with Gasteiger partial charge in [-0.1, -0.05) is 0 Å². The van der Waals surface area contributed by atoms with Crippen LogP contribution in [0.1, 0.15) is 23.2 Å². The van der Waals surface area contributed by atoms with Crippen LogP contribution in [0.5, 0.6) is 5.75 Å². The lowest BCUT2D eigenvalue weighted by atomic mass is 10.1. The first-order chi connectivity index (χ1) is 11.7. The van der Waals surface area contributed by atoms with Gasteiger partial charge in [-0.15, -0.1) is 0 Å². The number of aromatic nitrogens is 2. The molecule has 1 aromatic carbocycles. The molecule has 24 heavy (non-hydrogen) atoms. The van der Waals surface area contributed by atoms with Crippen molar-refractivity contribution in [1.82, 2.24) is 9.97 Å². The Labute approximate surface area is 139 Å². The summed E-state index contributed by atoms with van der Waals surface area (Å²) in [7, 11) is 1.58. The average Bonchev–Trinajstić information content (AvgIpc) is 3.13. The highest BCUT2D eigenvalue weighted by Crippen LogP contribution is 2.25. The van der Waals surface area contributed by atoms with E-state index in [4.69, 9.17) is 9.47 Å². The Hall–Kier alpha value is -2.67. The van der Waals surface area contributed by atoms with Crippen molar-refractivity contribution in [1.29, 1.82) is 0 Å². The molecule has 1 aromatic heterocycles. The molecule has 0 bridgehead atoms. The van der Waals surface area contributed by atoms with Gasteiger partial charge in [-0.05, 0) is 37.1 Å². The Morgan fingerprint density at radius 2 is 2.21 bits per heavy atom. The van der Waals surface area contributed by atoms with Gasteiger partial charge in [0.2, 0.25) is 5.95 Å². The molecule has 1 atom stereocenters. The number of benzene rings is 1. The SMILES string of the molecule is COc1ccc(-c2nc(NCC3CCCO3)ncc2C(=O)O)cc1. The van der Waals surface area contributed by atoms with Crippen molar-refractivity contribution in [2.24, 2.45) is 0 Å². The maximum absolute atomic E-state index is 11.5. The van der Waals surface area contributed by atoms with Gasteiger partial charge in [0.1, 0.15) is 11.3 Å². The van der Waals surface area contributed by atoms with Crippen molar-refractivity contribution in [3.05, 3.63) is 36.0 Å². The summed E-state index contributed by atoms with van der Waals surface area (Å²) >= 11 is 0. The molecule has 0 amide bonds. The highest BCUT2D eigenvalue weighted by Gasteiger charge is 2.18. The first-order valence-corrected chi connectivity index (χ1v) is 7.77. The van der Waals surface area contributed by atoms with E-state index in [1.165, 1.54) is 6.20 Å². The highest BCUT2D eigenvalue weighted by atomic mass is 16.5. The largest absolute Gasteiger partial charge is 0.497 e. The summed E-state index contributed by atoms with van der Waals surface area (Å²) < 4.78 is 10.7. The summed E-state index contributed by atoms with van der Waals surface area (Å²) in [6.07, 6.45) is 3.54. The molecule has 1 saturated heterocycles. The Morgan fingerprint density at radius 1 is 1.42 bits per heavy atom. The molecule has 0 spiro atoms. The normalized spacial score (nSPS) is 16.8. The molecule has 3 rings (SSSR count). The number of carboxylic acids is 1. The van der Waals surface area contributed by atoms with E-state index in [1.807, 2.05) is 0 Å². The topological polar surface area (TPSA) is 93.6 Å². The fourth-order valence-corrected chi connectivity index (χ4v) is 2.60. The molecule has 1 unspecified atom stereocenters. The number of ether oxygens (including phenoxy) is 2. The van der Waals surface area contributed by atoms with Crippen molar-refractivity contribution in [3.8, 4) is 17.0 Å². The lowest BCUT2D eigenvalue weighted by Crippen LogP contribution is -2.20. The lowest BCUT2D eigenvalue weighted by Gasteiger charge is -2.12. The summed E-state index contributed by atoms with van der Waals surface area (Å²) in [6, 6.07) is 7.08. The van der Waals surface area contributed by atoms with Crippen LogP contribution >= 0.6 is 0 Å². The predicted octanol–water partition coefficient (Wildman–Crippen LogP) is 2.44. The molecule has 1 aliphatic heterocycles. The van der Waals surface area contributed by atoms with Gasteiger partial charge in [0.05, 0.1) is 18.9 Å². The van der Waals surface area contributed by atoms with Gasteiger partial charge in [-0.25, -0.2) is 14.8 Å². The summed E-state index contributed by atoms with van der Waals surface area (Å²) in [6.45, 7) is 1.39. The second kappa shape index (κ2) is 7.27. The van der Waals surface area contributed by atoms with Crippen LogP contribution in [0.2, 0.25) is 0 Å². The van der Waals surface area contributed by atoms with Crippen molar-refractivity contribution in [2.75, 3.05) is 25.6 Å². The van der Waals surface area contributed by atoms with E-state index in [9.17, 15) is 9.90 Å². The number of carboxylic acid groups (broad SMARTS) is 1. The number of hydrogen-bond donors (Lipinski definition) is 2. The van der Waals surface area contributed by atoms with Crippen LogP contribution in [-0.2, 0) is 4.74 Å². The van der Waals surface area contributed by atoms with E-state index < -0.39 is 5.97 Å². The summed E-state index contributed by atoms with van der Waals surface area (Å²) in [5.74, 6) is 0.0224. The first kappa shape index (κ1) is 16.2. The molecular weight excluding hydrogens is 310 g/mol. The van der Waals surface area contributed by atoms with Crippen LogP contribution in [-0.4, -0.2) is 47.4 Å². The number of carbonyl (C=O) groups is 1. The smallest absolute Gasteiger partial charge is 0.339 e. The maximum atomic E-state index is 11.5. The first-order valence-electron chi connectivity index (χ1n) is 7.77. The van der Waals surface area contributed by atoms with Crippen LogP contribution in [0.3, 0.4) is 0 Å². The van der Waals surface area contributed by atoms with Crippen LogP contribution in [0.25, 0.3) is 11.3 Å². The van der Waals surface area contributed by atoms with Crippen molar-refractivity contribution >= 4 is 11.9 Å². The van der Waals surface area contributed by atoms with Crippen LogP contribution in [0.4, 0.5) is 5.95 Å². The van der Waals surface area contributed by atoms with Crippen molar-refractivity contribution in [3.63, 3.8) is 0 Å². The number of methoxy groups -OCH3 is 1. The second-order valence-electron chi connectivity index (χ2n) is 5.51. The van der Waals surface area contributed by atoms with Gasteiger partial charge >= 0.3 is 5.97 Å². The predicted molar refractivity (Wildman–Crippen MR) is 88.4 cm³/mol. The number of rotatable bonds is 6. The average molecular weight is 329 g/mol. The van der Waals surface area contributed by atoms with E-state index in [2.05, 4.69) is 15.3 Å². The number of hydrogen-bond acceptors (Lipinski definition) is 6. The molecule has 0 saturated carbocycles. The standard InChI is InChI=1S/C17H19N3O4/c1-23-12-6-4-11(5-7-12)15-14(16(21)22)10-19-17(20-15)18-9-13-3-2-8-24-13/h4-7,10,13H,2-3,8-9H2,1H3,(H,21,22)(H,18,19,20). The number of aromatic carboxylic acids is 1. The number of nitrogens with zero attached hydrogens (tertiary/aromatic N) is 2. The van der Waals surface area contributed by atoms with E-state index in [1.54, 1.807) is 31.4 Å². The minimum atomic E-state index is -1.06. The zero-order valence-corrected chi connectivity index (χ0v) is 13.4. The molecule has 2 aromatic rings. The zero-order chi connectivity index (χ0) is 16.9. The van der Waals surface area contributed by atoms with Crippen LogP contribution < -0.4 is 10.1 Å².